The molecule has 0 aliphatic heterocycles. The highest BCUT2D eigenvalue weighted by Gasteiger charge is 2.14. The number of nitrogens with one attached hydrogen (secondary N) is 2. The third-order valence-corrected chi connectivity index (χ3v) is 2.89. The number of guanidine groups is 1. The van der Waals surface area contributed by atoms with Gasteiger partial charge in [0.15, 0.2) is 5.96 Å². The van der Waals surface area contributed by atoms with Crippen molar-refractivity contribution in [2.24, 2.45) is 16.6 Å². The van der Waals surface area contributed by atoms with Crippen LogP contribution in [0, 0.1) is 5.92 Å². The van der Waals surface area contributed by atoms with Crippen LogP contribution in [-0.4, -0.2) is 24.1 Å². The number of nitrogens with zero attached hydrogens (tertiary/aromatic N) is 1. The maximum atomic E-state index is 5.91. The molecule has 0 saturated heterocycles. The molecule has 0 heterocycles. The van der Waals surface area contributed by atoms with E-state index in [0.717, 1.165) is 5.69 Å². The molecule has 1 aromatic carbocycles. The minimum Gasteiger partial charge on any atom is -0.380 e. The molecule has 0 spiro atoms. The lowest BCUT2D eigenvalue weighted by atomic mass is 10.0. The number of hydrogen-bond acceptors (Lipinski definition) is 2. The van der Waals surface area contributed by atoms with Crippen molar-refractivity contribution < 1.29 is 0 Å². The lowest BCUT2D eigenvalue weighted by molar-refractivity contribution is 0.502. The maximum Gasteiger partial charge on any atom is 0.189 e. The summed E-state index contributed by atoms with van der Waals surface area (Å²) in [7, 11) is 0. The van der Waals surface area contributed by atoms with Crippen molar-refractivity contribution in [3.8, 4) is 0 Å². The Bertz CT molecular complexity index is 418. The third kappa shape index (κ3) is 6.45. The van der Waals surface area contributed by atoms with Gasteiger partial charge < -0.3 is 16.4 Å². The Morgan fingerprint density at radius 3 is 2.30 bits per heavy atom. The summed E-state index contributed by atoms with van der Waals surface area (Å²) in [4.78, 5) is 4.45. The number of rotatable bonds is 5. The maximum absolute atomic E-state index is 5.91. The fourth-order valence-corrected chi connectivity index (χ4v) is 1.79. The van der Waals surface area contributed by atoms with Crippen LogP contribution in [0.4, 0.5) is 5.69 Å². The summed E-state index contributed by atoms with van der Waals surface area (Å²) in [5.41, 5.74) is 6.97. The first-order valence-electron chi connectivity index (χ1n) is 7.17. The predicted molar refractivity (Wildman–Crippen MR) is 88.1 cm³/mol. The summed E-state index contributed by atoms with van der Waals surface area (Å²) in [5, 5.41) is 6.68. The van der Waals surface area contributed by atoms with Crippen molar-refractivity contribution in [1.82, 2.24) is 5.32 Å². The van der Waals surface area contributed by atoms with Gasteiger partial charge in [-0.1, -0.05) is 32.0 Å². The van der Waals surface area contributed by atoms with E-state index in [4.69, 9.17) is 5.73 Å². The van der Waals surface area contributed by atoms with Crippen molar-refractivity contribution in [2.45, 2.75) is 46.2 Å². The Morgan fingerprint density at radius 2 is 1.80 bits per heavy atom. The van der Waals surface area contributed by atoms with E-state index in [2.05, 4.69) is 62.4 Å². The Balaban J connectivity index is 2.62. The second kappa shape index (κ2) is 7.17. The van der Waals surface area contributed by atoms with E-state index < -0.39 is 0 Å². The van der Waals surface area contributed by atoms with E-state index >= 15 is 0 Å². The Hall–Kier alpha value is -1.71. The van der Waals surface area contributed by atoms with Crippen LogP contribution >= 0.6 is 0 Å². The van der Waals surface area contributed by atoms with Crippen LogP contribution in [-0.2, 0) is 0 Å². The number of aliphatic imine (C=N–C) groups is 1. The average Bonchev–Trinajstić information content (AvgIpc) is 2.33. The van der Waals surface area contributed by atoms with Crippen LogP contribution in [0.3, 0.4) is 0 Å². The Morgan fingerprint density at radius 1 is 1.20 bits per heavy atom. The zero-order valence-corrected chi connectivity index (χ0v) is 13.3. The van der Waals surface area contributed by atoms with Crippen LogP contribution in [0.2, 0.25) is 0 Å². The van der Waals surface area contributed by atoms with Gasteiger partial charge in [-0.3, -0.25) is 4.99 Å². The van der Waals surface area contributed by atoms with E-state index in [1.807, 2.05) is 18.2 Å². The third-order valence-electron chi connectivity index (χ3n) is 2.89. The van der Waals surface area contributed by atoms with Crippen LogP contribution in [0.25, 0.3) is 0 Å². The molecule has 1 unspecified atom stereocenters. The number of nitrogens with two attached hydrogens (primary N) is 1. The van der Waals surface area contributed by atoms with Crippen molar-refractivity contribution in [3.05, 3.63) is 30.3 Å². The van der Waals surface area contributed by atoms with Gasteiger partial charge in [-0.25, -0.2) is 0 Å². The van der Waals surface area contributed by atoms with E-state index in [0.29, 0.717) is 18.4 Å². The molecule has 0 aliphatic carbocycles. The summed E-state index contributed by atoms with van der Waals surface area (Å²) in [5.74, 6) is 0.972. The molecule has 20 heavy (non-hydrogen) atoms. The molecule has 0 aliphatic rings. The quantitative estimate of drug-likeness (QED) is 0.572. The normalized spacial score (nSPS) is 14.2. The van der Waals surface area contributed by atoms with E-state index in [1.165, 1.54) is 0 Å². The summed E-state index contributed by atoms with van der Waals surface area (Å²) in [6.45, 7) is 11.2. The van der Waals surface area contributed by atoms with Gasteiger partial charge in [-0.15, -0.1) is 0 Å². The topological polar surface area (TPSA) is 62.4 Å². The molecule has 1 atom stereocenters. The average molecular weight is 276 g/mol. The fraction of sp³-hybridized carbons (Fsp3) is 0.562. The van der Waals surface area contributed by atoms with Crippen LogP contribution in [0.5, 0.6) is 0 Å². The molecule has 0 fully saturated rings. The van der Waals surface area contributed by atoms with Crippen LogP contribution in [0.1, 0.15) is 34.6 Å². The summed E-state index contributed by atoms with van der Waals surface area (Å²) in [6, 6.07) is 10.5. The van der Waals surface area contributed by atoms with E-state index in [9.17, 15) is 0 Å². The van der Waals surface area contributed by atoms with Gasteiger partial charge in [-0.05, 0) is 38.8 Å². The molecule has 4 heteroatoms. The Kier molecular flexibility index (Phi) is 5.86. The molecular formula is C16H28N4. The van der Waals surface area contributed by atoms with Gasteiger partial charge >= 0.3 is 0 Å². The Labute approximate surface area is 122 Å². The summed E-state index contributed by atoms with van der Waals surface area (Å²) in [6.07, 6.45) is 0. The second-order valence-electron chi connectivity index (χ2n) is 6.46. The lowest BCUT2D eigenvalue weighted by Crippen LogP contribution is -2.45. The van der Waals surface area contributed by atoms with Gasteiger partial charge in [0.2, 0.25) is 0 Å². The standard InChI is InChI=1S/C16H28N4/c1-12(2)14(19-13-9-7-6-8-10-13)11-18-15(17)20-16(3,4)5/h6-10,12,14,19H,11H2,1-5H3,(H3,17,18,20). The van der Waals surface area contributed by atoms with Crippen molar-refractivity contribution in [3.63, 3.8) is 0 Å². The molecule has 0 amide bonds. The molecule has 1 aromatic rings. The van der Waals surface area contributed by atoms with Crippen LogP contribution in [0.15, 0.2) is 35.3 Å². The number of hydrogen-bond donors (Lipinski definition) is 3. The predicted octanol–water partition coefficient (Wildman–Crippen LogP) is 2.83. The van der Waals surface area contributed by atoms with Crippen molar-refractivity contribution >= 4 is 11.6 Å². The molecular weight excluding hydrogens is 248 g/mol. The van der Waals surface area contributed by atoms with E-state index in [1.54, 1.807) is 0 Å². The van der Waals surface area contributed by atoms with Gasteiger partial charge in [0.25, 0.3) is 0 Å². The molecule has 4 nitrogen and oxygen atoms in total. The molecule has 0 saturated carbocycles. The zero-order chi connectivity index (χ0) is 15.2. The molecule has 4 N–H and O–H groups in total. The molecule has 1 rings (SSSR count). The molecule has 112 valence electrons. The minimum absolute atomic E-state index is 0.0617. The highest BCUT2D eigenvalue weighted by atomic mass is 15.1. The first-order valence-corrected chi connectivity index (χ1v) is 7.17. The van der Waals surface area contributed by atoms with Crippen LogP contribution < -0.4 is 16.4 Å². The summed E-state index contributed by atoms with van der Waals surface area (Å²) < 4.78 is 0. The highest BCUT2D eigenvalue weighted by molar-refractivity contribution is 5.78. The SMILES string of the molecule is CC(C)C(CN=C(N)NC(C)(C)C)Nc1ccccc1. The molecule has 0 bridgehead atoms. The number of anilines is 1. The second-order valence-corrected chi connectivity index (χ2v) is 6.46. The highest BCUT2D eigenvalue weighted by Crippen LogP contribution is 2.12. The van der Waals surface area contributed by atoms with Crippen molar-refractivity contribution in [2.75, 3.05) is 11.9 Å². The molecule has 0 aromatic heterocycles. The van der Waals surface area contributed by atoms with Gasteiger partial charge in [0.05, 0.1) is 6.54 Å². The number of benzene rings is 1. The monoisotopic (exact) mass is 276 g/mol. The first-order chi connectivity index (χ1) is 9.28. The van der Waals surface area contributed by atoms with Gasteiger partial charge in [0, 0.05) is 17.3 Å². The smallest absolute Gasteiger partial charge is 0.189 e. The largest absolute Gasteiger partial charge is 0.380 e. The molecule has 0 radical (unpaired) electrons. The number of para-hydroxylation sites is 1. The lowest BCUT2D eigenvalue weighted by Gasteiger charge is -2.24. The van der Waals surface area contributed by atoms with Gasteiger partial charge in [-0.2, -0.15) is 0 Å². The first kappa shape index (κ1) is 16.3. The minimum atomic E-state index is -0.0617. The zero-order valence-electron chi connectivity index (χ0n) is 13.3. The van der Waals surface area contributed by atoms with Crippen molar-refractivity contribution in [1.29, 1.82) is 0 Å². The fourth-order valence-electron chi connectivity index (χ4n) is 1.79. The van der Waals surface area contributed by atoms with Gasteiger partial charge in [0.1, 0.15) is 0 Å². The summed E-state index contributed by atoms with van der Waals surface area (Å²) >= 11 is 0. The van der Waals surface area contributed by atoms with E-state index in [-0.39, 0.29) is 11.6 Å².